The molecule has 0 radical (unpaired) electrons. The fraction of sp³-hybridized carbons (Fsp3) is 0.471. The Balaban J connectivity index is 1.90. The summed E-state index contributed by atoms with van der Waals surface area (Å²) in [6, 6.07) is 7.69. The smallest absolute Gasteiger partial charge is 0.256 e. The first kappa shape index (κ1) is 15.1. The summed E-state index contributed by atoms with van der Waals surface area (Å²) in [7, 11) is 3.71. The first-order valence-electron chi connectivity index (χ1n) is 7.64. The van der Waals surface area contributed by atoms with Crippen LogP contribution in [0, 0.1) is 0 Å². The van der Waals surface area contributed by atoms with Crippen LogP contribution in [0.4, 0.5) is 0 Å². The Labute approximate surface area is 129 Å². The Morgan fingerprint density at radius 2 is 2.05 bits per heavy atom. The summed E-state index contributed by atoms with van der Waals surface area (Å²) in [6.07, 6.45) is 2.18. The minimum atomic E-state index is -0.0469. The number of likely N-dealkylation sites (tertiary alicyclic amines) is 1. The van der Waals surface area contributed by atoms with Crippen LogP contribution in [0.2, 0.25) is 0 Å². The number of aromatic amines is 1. The summed E-state index contributed by atoms with van der Waals surface area (Å²) >= 11 is 0. The van der Waals surface area contributed by atoms with Gasteiger partial charge in [-0.25, -0.2) is 0 Å². The molecule has 1 fully saturated rings. The quantitative estimate of drug-likeness (QED) is 0.881. The molecule has 22 heavy (non-hydrogen) atoms. The zero-order valence-corrected chi connectivity index (χ0v) is 13.1. The summed E-state index contributed by atoms with van der Waals surface area (Å²) < 4.78 is 10.3. The molecular formula is C17H22N2O3. The molecule has 1 aromatic heterocycles. The molecule has 1 aliphatic heterocycles. The van der Waals surface area contributed by atoms with Crippen molar-refractivity contribution in [1.82, 2.24) is 9.88 Å². The Morgan fingerprint density at radius 1 is 1.27 bits per heavy atom. The standard InChI is InChI=1S/C17H22N2O3/c1-19-7-5-12(6-8-19)16-9-13-3-4-14(22-11-21-2)10-15(13)17(20)18-16/h3-4,9-10,12H,5-8,11H2,1-2H3,(H,18,20). The highest BCUT2D eigenvalue weighted by molar-refractivity contribution is 5.83. The van der Waals surface area contributed by atoms with Gasteiger partial charge in [0.05, 0.1) is 5.39 Å². The third-order valence-electron chi connectivity index (χ3n) is 4.34. The average molecular weight is 302 g/mol. The second-order valence-corrected chi connectivity index (χ2v) is 5.93. The Morgan fingerprint density at radius 3 is 2.77 bits per heavy atom. The number of aromatic nitrogens is 1. The van der Waals surface area contributed by atoms with Crippen molar-refractivity contribution in [3.63, 3.8) is 0 Å². The van der Waals surface area contributed by atoms with Crippen LogP contribution in [-0.2, 0) is 4.74 Å². The van der Waals surface area contributed by atoms with Crippen molar-refractivity contribution in [3.8, 4) is 5.75 Å². The topological polar surface area (TPSA) is 54.6 Å². The summed E-state index contributed by atoms with van der Waals surface area (Å²) in [5, 5.41) is 1.62. The van der Waals surface area contributed by atoms with E-state index in [1.165, 1.54) is 0 Å². The summed E-state index contributed by atoms with van der Waals surface area (Å²) in [5.74, 6) is 1.09. The number of benzene rings is 1. The number of hydrogen-bond acceptors (Lipinski definition) is 4. The summed E-state index contributed by atoms with van der Waals surface area (Å²) in [4.78, 5) is 17.8. The maximum Gasteiger partial charge on any atom is 0.256 e. The number of fused-ring (bicyclic) bond motifs is 1. The van der Waals surface area contributed by atoms with Crippen molar-refractivity contribution in [1.29, 1.82) is 0 Å². The number of ether oxygens (including phenoxy) is 2. The number of pyridine rings is 1. The van der Waals surface area contributed by atoms with Crippen LogP contribution in [0.25, 0.3) is 10.8 Å². The van der Waals surface area contributed by atoms with E-state index < -0.39 is 0 Å². The monoisotopic (exact) mass is 302 g/mol. The minimum Gasteiger partial charge on any atom is -0.468 e. The van der Waals surface area contributed by atoms with Gasteiger partial charge in [0.15, 0.2) is 6.79 Å². The number of methoxy groups -OCH3 is 1. The van der Waals surface area contributed by atoms with Gasteiger partial charge in [0, 0.05) is 18.7 Å². The van der Waals surface area contributed by atoms with Gasteiger partial charge in [-0.15, -0.1) is 0 Å². The Kier molecular flexibility index (Phi) is 4.45. The third-order valence-corrected chi connectivity index (χ3v) is 4.34. The van der Waals surface area contributed by atoms with Crippen molar-refractivity contribution in [2.75, 3.05) is 34.0 Å². The number of hydrogen-bond donors (Lipinski definition) is 1. The van der Waals surface area contributed by atoms with Gasteiger partial charge in [-0.2, -0.15) is 0 Å². The van der Waals surface area contributed by atoms with Gasteiger partial charge in [-0.05, 0) is 56.6 Å². The zero-order chi connectivity index (χ0) is 15.5. The molecule has 0 amide bonds. The average Bonchev–Trinajstić information content (AvgIpc) is 2.53. The van der Waals surface area contributed by atoms with Crippen LogP contribution in [-0.4, -0.2) is 43.9 Å². The van der Waals surface area contributed by atoms with E-state index in [2.05, 4.69) is 23.0 Å². The van der Waals surface area contributed by atoms with Gasteiger partial charge >= 0.3 is 0 Å². The molecule has 5 heteroatoms. The van der Waals surface area contributed by atoms with Gasteiger partial charge in [-0.3, -0.25) is 4.79 Å². The van der Waals surface area contributed by atoms with E-state index in [0.717, 1.165) is 37.0 Å². The lowest BCUT2D eigenvalue weighted by atomic mass is 9.92. The molecular weight excluding hydrogens is 280 g/mol. The number of H-pyrrole nitrogens is 1. The molecule has 0 bridgehead atoms. The van der Waals surface area contributed by atoms with Gasteiger partial charge < -0.3 is 19.4 Å². The second kappa shape index (κ2) is 6.50. The molecule has 0 aliphatic carbocycles. The van der Waals surface area contributed by atoms with E-state index >= 15 is 0 Å². The molecule has 1 aliphatic rings. The number of piperidine rings is 1. The molecule has 0 atom stereocenters. The van der Waals surface area contributed by atoms with Gasteiger partial charge in [0.25, 0.3) is 5.56 Å². The van der Waals surface area contributed by atoms with Crippen molar-refractivity contribution in [3.05, 3.63) is 40.3 Å². The van der Waals surface area contributed by atoms with Crippen molar-refractivity contribution < 1.29 is 9.47 Å². The van der Waals surface area contributed by atoms with Crippen molar-refractivity contribution in [2.24, 2.45) is 0 Å². The molecule has 0 unspecified atom stereocenters. The number of rotatable bonds is 4. The highest BCUT2D eigenvalue weighted by Gasteiger charge is 2.19. The highest BCUT2D eigenvalue weighted by atomic mass is 16.7. The molecule has 5 nitrogen and oxygen atoms in total. The van der Waals surface area contributed by atoms with Crippen LogP contribution in [0.5, 0.6) is 5.75 Å². The third kappa shape index (κ3) is 3.15. The molecule has 2 aromatic rings. The van der Waals surface area contributed by atoms with Crippen LogP contribution < -0.4 is 10.3 Å². The van der Waals surface area contributed by atoms with Gasteiger partial charge in [0.2, 0.25) is 0 Å². The molecule has 3 rings (SSSR count). The van der Waals surface area contributed by atoms with E-state index in [9.17, 15) is 4.79 Å². The van der Waals surface area contributed by atoms with Gasteiger partial charge in [-0.1, -0.05) is 6.07 Å². The van der Waals surface area contributed by atoms with Crippen LogP contribution in [0.1, 0.15) is 24.5 Å². The number of nitrogens with zero attached hydrogens (tertiary/aromatic N) is 1. The fourth-order valence-corrected chi connectivity index (χ4v) is 3.02. The Hall–Kier alpha value is -1.85. The van der Waals surface area contributed by atoms with Gasteiger partial charge in [0.1, 0.15) is 5.75 Å². The maximum atomic E-state index is 12.4. The lowest BCUT2D eigenvalue weighted by Gasteiger charge is -2.28. The van der Waals surface area contributed by atoms with E-state index in [1.54, 1.807) is 13.2 Å². The lowest BCUT2D eigenvalue weighted by Crippen LogP contribution is -2.30. The fourth-order valence-electron chi connectivity index (χ4n) is 3.02. The molecule has 1 aromatic carbocycles. The van der Waals surface area contributed by atoms with Crippen LogP contribution in [0.3, 0.4) is 0 Å². The minimum absolute atomic E-state index is 0.0469. The Bertz CT molecular complexity index is 703. The van der Waals surface area contributed by atoms with E-state index in [0.29, 0.717) is 17.1 Å². The predicted octanol–water partition coefficient (Wildman–Crippen LogP) is 2.32. The van der Waals surface area contributed by atoms with Crippen molar-refractivity contribution in [2.45, 2.75) is 18.8 Å². The number of nitrogens with one attached hydrogen (secondary N) is 1. The molecule has 2 heterocycles. The highest BCUT2D eigenvalue weighted by Crippen LogP contribution is 2.27. The normalized spacial score (nSPS) is 17.0. The zero-order valence-electron chi connectivity index (χ0n) is 13.1. The van der Waals surface area contributed by atoms with E-state index in [4.69, 9.17) is 9.47 Å². The SMILES string of the molecule is COCOc1ccc2cc(C3CCN(C)CC3)[nH]c(=O)c2c1. The maximum absolute atomic E-state index is 12.4. The van der Waals surface area contributed by atoms with E-state index in [1.807, 2.05) is 12.1 Å². The van der Waals surface area contributed by atoms with Crippen molar-refractivity contribution >= 4 is 10.8 Å². The molecule has 0 spiro atoms. The van der Waals surface area contributed by atoms with Crippen LogP contribution >= 0.6 is 0 Å². The first-order valence-corrected chi connectivity index (χ1v) is 7.64. The molecule has 1 N–H and O–H groups in total. The largest absolute Gasteiger partial charge is 0.468 e. The first-order chi connectivity index (χ1) is 10.7. The molecule has 1 saturated heterocycles. The second-order valence-electron chi connectivity index (χ2n) is 5.93. The lowest BCUT2D eigenvalue weighted by molar-refractivity contribution is 0.0512. The van der Waals surface area contributed by atoms with Crippen LogP contribution in [0.15, 0.2) is 29.1 Å². The molecule has 118 valence electrons. The molecule has 0 saturated carbocycles. The summed E-state index contributed by atoms with van der Waals surface area (Å²) in [6.45, 7) is 2.33. The summed E-state index contributed by atoms with van der Waals surface area (Å²) in [5.41, 5.74) is 1.01. The van der Waals surface area contributed by atoms with E-state index in [-0.39, 0.29) is 12.4 Å². The predicted molar refractivity (Wildman–Crippen MR) is 86.5 cm³/mol.